The standard InChI is InChI=1S/C14H12ClFO2/c15-12-3-1-2-4-14(12)18-9-13(17)10-5-7-11(16)8-6-10/h1-8,13,17H,9H2. The molecule has 0 saturated heterocycles. The lowest BCUT2D eigenvalue weighted by Crippen LogP contribution is -2.09. The number of hydrogen-bond donors (Lipinski definition) is 1. The predicted molar refractivity (Wildman–Crippen MR) is 68.3 cm³/mol. The number of halogens is 2. The molecule has 0 aliphatic heterocycles. The molecule has 0 heterocycles. The molecule has 1 N–H and O–H groups in total. The molecule has 0 saturated carbocycles. The summed E-state index contributed by atoms with van der Waals surface area (Å²) in [6.45, 7) is 0.0648. The average Bonchev–Trinajstić information content (AvgIpc) is 2.38. The third-order valence-corrected chi connectivity index (χ3v) is 2.80. The van der Waals surface area contributed by atoms with Gasteiger partial charge in [0, 0.05) is 0 Å². The van der Waals surface area contributed by atoms with Crippen molar-refractivity contribution in [2.45, 2.75) is 6.10 Å². The van der Waals surface area contributed by atoms with E-state index in [2.05, 4.69) is 0 Å². The Balaban J connectivity index is 1.98. The molecule has 0 bridgehead atoms. The molecular formula is C14H12ClFO2. The van der Waals surface area contributed by atoms with Gasteiger partial charge in [-0.2, -0.15) is 0 Å². The Morgan fingerprint density at radius 1 is 1.11 bits per heavy atom. The van der Waals surface area contributed by atoms with Crippen LogP contribution in [-0.2, 0) is 0 Å². The van der Waals surface area contributed by atoms with E-state index in [0.717, 1.165) is 0 Å². The van der Waals surface area contributed by atoms with E-state index in [9.17, 15) is 9.50 Å². The Bertz CT molecular complexity index is 513. The first-order valence-corrected chi connectivity index (χ1v) is 5.85. The van der Waals surface area contributed by atoms with E-state index in [1.807, 2.05) is 0 Å². The molecule has 0 amide bonds. The SMILES string of the molecule is OC(COc1ccccc1Cl)c1ccc(F)cc1. The van der Waals surface area contributed by atoms with Crippen molar-refractivity contribution < 1.29 is 14.2 Å². The van der Waals surface area contributed by atoms with Gasteiger partial charge in [-0.15, -0.1) is 0 Å². The first-order valence-electron chi connectivity index (χ1n) is 5.47. The summed E-state index contributed by atoms with van der Waals surface area (Å²) in [5.74, 6) is 0.179. The fourth-order valence-electron chi connectivity index (χ4n) is 1.51. The maximum absolute atomic E-state index is 12.7. The molecule has 94 valence electrons. The molecule has 0 aliphatic carbocycles. The molecule has 4 heteroatoms. The monoisotopic (exact) mass is 266 g/mol. The van der Waals surface area contributed by atoms with Gasteiger partial charge in [0.2, 0.25) is 0 Å². The number of hydrogen-bond acceptors (Lipinski definition) is 2. The third kappa shape index (κ3) is 3.22. The van der Waals surface area contributed by atoms with Gasteiger partial charge in [-0.1, -0.05) is 35.9 Å². The lowest BCUT2D eigenvalue weighted by atomic mass is 10.1. The molecule has 0 fully saturated rings. The van der Waals surface area contributed by atoms with E-state index in [1.165, 1.54) is 24.3 Å². The Labute approximate surface area is 110 Å². The maximum atomic E-state index is 12.7. The van der Waals surface area contributed by atoms with E-state index in [-0.39, 0.29) is 12.4 Å². The second-order valence-electron chi connectivity index (χ2n) is 3.81. The summed E-state index contributed by atoms with van der Waals surface area (Å²) in [5, 5.41) is 10.4. The molecule has 2 nitrogen and oxygen atoms in total. The minimum Gasteiger partial charge on any atom is -0.489 e. The van der Waals surface area contributed by atoms with Gasteiger partial charge in [-0.05, 0) is 29.8 Å². The van der Waals surface area contributed by atoms with Crippen LogP contribution in [0.2, 0.25) is 5.02 Å². The number of para-hydroxylation sites is 1. The molecule has 0 radical (unpaired) electrons. The van der Waals surface area contributed by atoms with Gasteiger partial charge in [0.15, 0.2) is 0 Å². The van der Waals surface area contributed by atoms with Crippen molar-refractivity contribution in [2.75, 3.05) is 6.61 Å². The van der Waals surface area contributed by atoms with E-state index in [1.54, 1.807) is 24.3 Å². The summed E-state index contributed by atoms with van der Waals surface area (Å²) < 4.78 is 18.1. The van der Waals surface area contributed by atoms with E-state index < -0.39 is 6.10 Å². The van der Waals surface area contributed by atoms with Gasteiger partial charge >= 0.3 is 0 Å². The molecule has 2 aromatic carbocycles. The van der Waals surface area contributed by atoms with E-state index in [4.69, 9.17) is 16.3 Å². The highest BCUT2D eigenvalue weighted by atomic mass is 35.5. The van der Waals surface area contributed by atoms with Crippen molar-refractivity contribution in [3.8, 4) is 5.75 Å². The number of aliphatic hydroxyl groups is 1. The molecule has 1 atom stereocenters. The average molecular weight is 267 g/mol. The van der Waals surface area contributed by atoms with Crippen LogP contribution in [0.3, 0.4) is 0 Å². The normalized spacial score (nSPS) is 12.2. The molecule has 18 heavy (non-hydrogen) atoms. The lowest BCUT2D eigenvalue weighted by molar-refractivity contribution is 0.108. The van der Waals surface area contributed by atoms with Crippen molar-refractivity contribution in [3.05, 3.63) is 64.9 Å². The van der Waals surface area contributed by atoms with Crippen LogP contribution in [0, 0.1) is 5.82 Å². The van der Waals surface area contributed by atoms with Gasteiger partial charge in [0.1, 0.15) is 24.3 Å². The van der Waals surface area contributed by atoms with Crippen LogP contribution in [0.1, 0.15) is 11.7 Å². The fraction of sp³-hybridized carbons (Fsp3) is 0.143. The molecule has 0 aromatic heterocycles. The Morgan fingerprint density at radius 3 is 2.44 bits per heavy atom. The zero-order valence-electron chi connectivity index (χ0n) is 9.51. The molecule has 2 aromatic rings. The molecule has 0 spiro atoms. The van der Waals surface area contributed by atoms with Crippen LogP contribution in [0.15, 0.2) is 48.5 Å². The van der Waals surface area contributed by atoms with Gasteiger partial charge in [-0.3, -0.25) is 0 Å². The van der Waals surface area contributed by atoms with E-state index >= 15 is 0 Å². The van der Waals surface area contributed by atoms with Crippen molar-refractivity contribution >= 4 is 11.6 Å². The quantitative estimate of drug-likeness (QED) is 0.916. The summed E-state index contributed by atoms with van der Waals surface area (Å²) in [5.41, 5.74) is 0.600. The van der Waals surface area contributed by atoms with Crippen LogP contribution < -0.4 is 4.74 Å². The zero-order valence-corrected chi connectivity index (χ0v) is 10.3. The third-order valence-electron chi connectivity index (χ3n) is 2.49. The highest BCUT2D eigenvalue weighted by molar-refractivity contribution is 6.32. The van der Waals surface area contributed by atoms with Crippen LogP contribution in [0.5, 0.6) is 5.75 Å². The van der Waals surface area contributed by atoms with Crippen molar-refractivity contribution in [1.29, 1.82) is 0 Å². The number of benzene rings is 2. The number of aliphatic hydroxyl groups excluding tert-OH is 1. The highest BCUT2D eigenvalue weighted by Gasteiger charge is 2.09. The molecule has 1 unspecified atom stereocenters. The van der Waals surface area contributed by atoms with Crippen LogP contribution in [0.4, 0.5) is 4.39 Å². The van der Waals surface area contributed by atoms with Crippen LogP contribution in [-0.4, -0.2) is 11.7 Å². The second kappa shape index (κ2) is 5.85. The van der Waals surface area contributed by atoms with Gasteiger partial charge in [-0.25, -0.2) is 4.39 Å². The summed E-state index contributed by atoms with van der Waals surface area (Å²) >= 11 is 5.92. The van der Waals surface area contributed by atoms with Gasteiger partial charge in [0.25, 0.3) is 0 Å². The largest absolute Gasteiger partial charge is 0.489 e. The van der Waals surface area contributed by atoms with Gasteiger partial charge < -0.3 is 9.84 Å². The lowest BCUT2D eigenvalue weighted by Gasteiger charge is -2.13. The minimum absolute atomic E-state index is 0.0648. The van der Waals surface area contributed by atoms with Crippen molar-refractivity contribution in [3.63, 3.8) is 0 Å². The minimum atomic E-state index is -0.818. The molecule has 0 aliphatic rings. The second-order valence-corrected chi connectivity index (χ2v) is 4.22. The number of rotatable bonds is 4. The Kier molecular flexibility index (Phi) is 4.18. The molecule has 2 rings (SSSR count). The van der Waals surface area contributed by atoms with Crippen molar-refractivity contribution in [1.82, 2.24) is 0 Å². The first kappa shape index (κ1) is 12.9. The Morgan fingerprint density at radius 2 is 1.78 bits per heavy atom. The number of ether oxygens (including phenoxy) is 1. The van der Waals surface area contributed by atoms with E-state index in [0.29, 0.717) is 16.3 Å². The maximum Gasteiger partial charge on any atom is 0.138 e. The topological polar surface area (TPSA) is 29.5 Å². The highest BCUT2D eigenvalue weighted by Crippen LogP contribution is 2.24. The summed E-state index contributed by atoms with van der Waals surface area (Å²) in [6, 6.07) is 12.7. The fourth-order valence-corrected chi connectivity index (χ4v) is 1.70. The summed E-state index contributed by atoms with van der Waals surface area (Å²) in [7, 11) is 0. The van der Waals surface area contributed by atoms with Crippen molar-refractivity contribution in [2.24, 2.45) is 0 Å². The smallest absolute Gasteiger partial charge is 0.138 e. The van der Waals surface area contributed by atoms with Crippen LogP contribution in [0.25, 0.3) is 0 Å². The van der Waals surface area contributed by atoms with Gasteiger partial charge in [0.05, 0.1) is 5.02 Å². The predicted octanol–water partition coefficient (Wildman–Crippen LogP) is 3.59. The Hall–Kier alpha value is -1.58. The van der Waals surface area contributed by atoms with Crippen LogP contribution >= 0.6 is 11.6 Å². The first-order chi connectivity index (χ1) is 8.66. The molecular weight excluding hydrogens is 255 g/mol. The zero-order chi connectivity index (χ0) is 13.0. The summed E-state index contributed by atoms with van der Waals surface area (Å²) in [4.78, 5) is 0. The summed E-state index contributed by atoms with van der Waals surface area (Å²) in [6.07, 6.45) is -0.818.